The van der Waals surface area contributed by atoms with Crippen molar-refractivity contribution in [1.82, 2.24) is 5.32 Å². The van der Waals surface area contributed by atoms with E-state index in [0.717, 1.165) is 31.0 Å². The fourth-order valence-electron chi connectivity index (χ4n) is 2.04. The van der Waals surface area contributed by atoms with Gasteiger partial charge in [0.15, 0.2) is 0 Å². The first-order valence-electron chi connectivity index (χ1n) is 6.63. The number of rotatable bonds is 6. The van der Waals surface area contributed by atoms with E-state index in [9.17, 15) is 5.11 Å². The lowest BCUT2D eigenvalue weighted by Crippen LogP contribution is -2.28. The third-order valence-corrected chi connectivity index (χ3v) is 2.97. The molecule has 0 heterocycles. The first kappa shape index (κ1) is 13.4. The van der Waals surface area contributed by atoms with Gasteiger partial charge >= 0.3 is 0 Å². The van der Waals surface area contributed by atoms with Gasteiger partial charge in [0.25, 0.3) is 0 Å². The van der Waals surface area contributed by atoms with Gasteiger partial charge in [0.1, 0.15) is 5.75 Å². The van der Waals surface area contributed by atoms with Crippen molar-refractivity contribution in [2.75, 3.05) is 24.5 Å². The van der Waals surface area contributed by atoms with E-state index in [0.29, 0.717) is 5.75 Å². The van der Waals surface area contributed by atoms with Crippen LogP contribution in [0.1, 0.15) is 6.92 Å². The number of anilines is 2. The van der Waals surface area contributed by atoms with Crippen molar-refractivity contribution >= 4 is 11.4 Å². The van der Waals surface area contributed by atoms with E-state index in [-0.39, 0.29) is 0 Å². The van der Waals surface area contributed by atoms with Crippen LogP contribution in [-0.4, -0.2) is 24.7 Å². The molecule has 0 bridgehead atoms. The Bertz CT molecular complexity index is 499. The normalized spacial score (nSPS) is 10.4. The summed E-state index contributed by atoms with van der Waals surface area (Å²) in [6.07, 6.45) is 0. The molecule has 0 spiro atoms. The van der Waals surface area contributed by atoms with Crippen molar-refractivity contribution in [3.05, 3.63) is 54.6 Å². The molecule has 0 saturated heterocycles. The minimum Gasteiger partial charge on any atom is -0.508 e. The second-order valence-corrected chi connectivity index (χ2v) is 4.36. The highest BCUT2D eigenvalue weighted by molar-refractivity contribution is 5.64. The van der Waals surface area contributed by atoms with E-state index in [1.54, 1.807) is 12.1 Å². The predicted molar refractivity (Wildman–Crippen MR) is 80.1 cm³/mol. The molecule has 19 heavy (non-hydrogen) atoms. The van der Waals surface area contributed by atoms with Gasteiger partial charge in [-0.25, -0.2) is 0 Å². The summed E-state index contributed by atoms with van der Waals surface area (Å²) in [5.41, 5.74) is 2.13. The summed E-state index contributed by atoms with van der Waals surface area (Å²) in [4.78, 5) is 2.20. The monoisotopic (exact) mass is 256 g/mol. The zero-order valence-corrected chi connectivity index (χ0v) is 11.2. The van der Waals surface area contributed by atoms with E-state index in [1.807, 2.05) is 30.3 Å². The zero-order valence-electron chi connectivity index (χ0n) is 11.2. The molecular weight excluding hydrogens is 236 g/mol. The summed E-state index contributed by atoms with van der Waals surface area (Å²) in [5.74, 6) is 0.293. The Morgan fingerprint density at radius 1 is 1.00 bits per heavy atom. The molecule has 0 aromatic heterocycles. The van der Waals surface area contributed by atoms with Crippen LogP contribution in [0.4, 0.5) is 11.4 Å². The third kappa shape index (κ3) is 3.73. The van der Waals surface area contributed by atoms with Gasteiger partial charge in [0.2, 0.25) is 0 Å². The van der Waals surface area contributed by atoms with Gasteiger partial charge in [-0.1, -0.05) is 31.2 Å². The van der Waals surface area contributed by atoms with Crippen molar-refractivity contribution in [2.24, 2.45) is 0 Å². The minimum absolute atomic E-state index is 0.293. The van der Waals surface area contributed by atoms with Crippen LogP contribution in [0.5, 0.6) is 5.75 Å². The highest BCUT2D eigenvalue weighted by Gasteiger charge is 2.08. The molecule has 0 aliphatic carbocycles. The first-order valence-corrected chi connectivity index (χ1v) is 6.63. The van der Waals surface area contributed by atoms with E-state index in [2.05, 4.69) is 29.3 Å². The fraction of sp³-hybridized carbons (Fsp3) is 0.250. The minimum atomic E-state index is 0.293. The largest absolute Gasteiger partial charge is 0.508 e. The molecule has 3 heteroatoms. The second-order valence-electron chi connectivity index (χ2n) is 4.36. The van der Waals surface area contributed by atoms with Gasteiger partial charge in [-0.05, 0) is 30.8 Å². The van der Waals surface area contributed by atoms with E-state index >= 15 is 0 Å². The standard InChI is InChI=1S/C16H20N2O/c1-2-17-11-12-18(14-7-4-3-5-8-14)15-9-6-10-16(19)13-15/h3-10,13,17,19H,2,11-12H2,1H3. The van der Waals surface area contributed by atoms with Crippen LogP contribution in [0.25, 0.3) is 0 Å². The van der Waals surface area contributed by atoms with Gasteiger partial charge in [-0.15, -0.1) is 0 Å². The van der Waals surface area contributed by atoms with Crippen LogP contribution < -0.4 is 10.2 Å². The molecule has 100 valence electrons. The van der Waals surface area contributed by atoms with Crippen molar-refractivity contribution < 1.29 is 5.11 Å². The van der Waals surface area contributed by atoms with Crippen LogP contribution in [0, 0.1) is 0 Å². The summed E-state index contributed by atoms with van der Waals surface area (Å²) in [6, 6.07) is 17.6. The number of phenols is 1. The Kier molecular flexibility index (Phi) is 4.81. The lowest BCUT2D eigenvalue weighted by molar-refractivity contribution is 0.475. The van der Waals surface area contributed by atoms with Crippen LogP contribution in [0.15, 0.2) is 54.6 Å². The lowest BCUT2D eigenvalue weighted by Gasteiger charge is -2.25. The zero-order chi connectivity index (χ0) is 13.5. The number of hydrogen-bond acceptors (Lipinski definition) is 3. The summed E-state index contributed by atoms with van der Waals surface area (Å²) >= 11 is 0. The summed E-state index contributed by atoms with van der Waals surface area (Å²) in [7, 11) is 0. The SMILES string of the molecule is CCNCCN(c1ccccc1)c1cccc(O)c1. The number of nitrogens with zero attached hydrogens (tertiary/aromatic N) is 1. The highest BCUT2D eigenvalue weighted by Crippen LogP contribution is 2.27. The molecule has 2 rings (SSSR count). The van der Waals surface area contributed by atoms with Gasteiger partial charge < -0.3 is 15.3 Å². The highest BCUT2D eigenvalue weighted by atomic mass is 16.3. The maximum absolute atomic E-state index is 9.64. The van der Waals surface area contributed by atoms with E-state index in [4.69, 9.17) is 0 Å². The smallest absolute Gasteiger partial charge is 0.117 e. The summed E-state index contributed by atoms with van der Waals surface area (Å²) in [5, 5.41) is 13.0. The average Bonchev–Trinajstić information content (AvgIpc) is 2.45. The summed E-state index contributed by atoms with van der Waals surface area (Å²) in [6.45, 7) is 4.83. The van der Waals surface area contributed by atoms with E-state index < -0.39 is 0 Å². The molecule has 0 fully saturated rings. The Labute approximate surface area is 114 Å². The number of nitrogens with one attached hydrogen (secondary N) is 1. The molecule has 0 radical (unpaired) electrons. The fourth-order valence-corrected chi connectivity index (χ4v) is 2.04. The Morgan fingerprint density at radius 3 is 2.42 bits per heavy atom. The maximum Gasteiger partial charge on any atom is 0.117 e. The number of phenolic OH excluding ortho intramolecular Hbond substituents is 1. The quantitative estimate of drug-likeness (QED) is 0.779. The molecule has 0 saturated carbocycles. The maximum atomic E-state index is 9.64. The Morgan fingerprint density at radius 2 is 1.74 bits per heavy atom. The predicted octanol–water partition coefficient (Wildman–Crippen LogP) is 3.14. The Balaban J connectivity index is 2.24. The molecular formula is C16H20N2O. The van der Waals surface area contributed by atoms with Gasteiger partial charge in [-0.2, -0.15) is 0 Å². The molecule has 0 amide bonds. The van der Waals surface area contributed by atoms with Crippen molar-refractivity contribution in [1.29, 1.82) is 0 Å². The number of benzene rings is 2. The molecule has 3 nitrogen and oxygen atoms in total. The lowest BCUT2D eigenvalue weighted by atomic mass is 10.2. The van der Waals surface area contributed by atoms with Crippen LogP contribution in [0.3, 0.4) is 0 Å². The molecule has 2 N–H and O–H groups in total. The van der Waals surface area contributed by atoms with Crippen LogP contribution in [-0.2, 0) is 0 Å². The molecule has 0 unspecified atom stereocenters. The van der Waals surface area contributed by atoms with Gasteiger partial charge in [-0.3, -0.25) is 0 Å². The number of hydrogen-bond donors (Lipinski definition) is 2. The molecule has 2 aromatic rings. The second kappa shape index (κ2) is 6.81. The summed E-state index contributed by atoms with van der Waals surface area (Å²) < 4.78 is 0. The van der Waals surface area contributed by atoms with Crippen molar-refractivity contribution in [3.8, 4) is 5.75 Å². The first-order chi connectivity index (χ1) is 9.31. The molecule has 2 aromatic carbocycles. The number of likely N-dealkylation sites (N-methyl/N-ethyl adjacent to an activating group) is 1. The Hall–Kier alpha value is -2.00. The van der Waals surface area contributed by atoms with Crippen molar-refractivity contribution in [2.45, 2.75) is 6.92 Å². The van der Waals surface area contributed by atoms with Crippen LogP contribution in [0.2, 0.25) is 0 Å². The van der Waals surface area contributed by atoms with Crippen molar-refractivity contribution in [3.63, 3.8) is 0 Å². The molecule has 0 aliphatic heterocycles. The van der Waals surface area contributed by atoms with Gasteiger partial charge in [0, 0.05) is 30.5 Å². The van der Waals surface area contributed by atoms with Gasteiger partial charge in [0.05, 0.1) is 0 Å². The molecule has 0 atom stereocenters. The topological polar surface area (TPSA) is 35.5 Å². The number of aromatic hydroxyl groups is 1. The van der Waals surface area contributed by atoms with Crippen LogP contribution >= 0.6 is 0 Å². The molecule has 0 aliphatic rings. The van der Waals surface area contributed by atoms with E-state index in [1.165, 1.54) is 0 Å². The average molecular weight is 256 g/mol. The number of para-hydroxylation sites is 1. The third-order valence-electron chi connectivity index (χ3n) is 2.97.